The van der Waals surface area contributed by atoms with Gasteiger partial charge in [-0.1, -0.05) is 18.2 Å². The third-order valence-corrected chi connectivity index (χ3v) is 13.3. The molecular formula is C48H57F6N13O3S2. The zero-order chi connectivity index (χ0) is 48.8. The van der Waals surface area contributed by atoms with Crippen molar-refractivity contribution in [3.05, 3.63) is 97.3 Å². The second-order valence-corrected chi connectivity index (χ2v) is 18.0. The van der Waals surface area contributed by atoms with Crippen molar-refractivity contribution < 1.29 is 40.7 Å². The highest BCUT2D eigenvalue weighted by molar-refractivity contribution is 7.59. The number of nitrogens with zero attached hydrogens (tertiary/aromatic N) is 11. The molecule has 0 spiro atoms. The minimum Gasteiger partial charge on any atom is -0.421 e. The number of amides is 2. The van der Waals surface area contributed by atoms with Gasteiger partial charge in [0.15, 0.2) is 11.6 Å². The lowest BCUT2D eigenvalue weighted by Gasteiger charge is -2.46. The van der Waals surface area contributed by atoms with E-state index < -0.39 is 30.2 Å². The van der Waals surface area contributed by atoms with Crippen LogP contribution in [0.25, 0.3) is 0 Å². The molecule has 24 heteroatoms. The first-order valence-electron chi connectivity index (χ1n) is 23.6. The van der Waals surface area contributed by atoms with Gasteiger partial charge in [-0.3, -0.25) is 10.2 Å². The Hall–Kier alpha value is -6.30. The summed E-state index contributed by atoms with van der Waals surface area (Å²) < 4.78 is 83.9. The lowest BCUT2D eigenvalue weighted by Crippen LogP contribution is -2.56. The largest absolute Gasteiger partial charge is 0.421 e. The number of carbonyl (C=O) groups excluding carboxylic acids is 2. The van der Waals surface area contributed by atoms with E-state index in [1.807, 2.05) is 24.3 Å². The summed E-state index contributed by atoms with van der Waals surface area (Å²) >= 11 is 0. The molecule has 11 rings (SSSR count). The number of aromatic nitrogens is 6. The van der Waals surface area contributed by atoms with Crippen molar-refractivity contribution in [1.82, 2.24) is 29.9 Å². The van der Waals surface area contributed by atoms with E-state index >= 15 is 0 Å². The summed E-state index contributed by atoms with van der Waals surface area (Å²) in [6, 6.07) is 19.6. The Kier molecular flexibility index (Phi) is 17.5. The normalized spacial score (nSPS) is 21.0. The summed E-state index contributed by atoms with van der Waals surface area (Å²) in [6.07, 6.45) is 3.15. The number of pyridine rings is 2. The Morgan fingerprint density at radius 3 is 1.76 bits per heavy atom. The van der Waals surface area contributed by atoms with Crippen molar-refractivity contribution >= 4 is 79.6 Å². The molecule has 10 heterocycles. The van der Waals surface area contributed by atoms with Gasteiger partial charge in [-0.25, -0.2) is 39.5 Å². The van der Waals surface area contributed by atoms with Gasteiger partial charge in [-0.15, -0.1) is 0 Å². The fourth-order valence-corrected chi connectivity index (χ4v) is 9.81. The molecule has 2 amide bonds. The molecule has 6 aliphatic heterocycles. The topological polar surface area (TPSA) is 161 Å². The molecule has 4 aromatic heterocycles. The molecular weight excluding hydrogens is 985 g/mol. The standard InChI is InChI=1S/C21H24F3N7O.C16H21F3N4.C11H8N2O2.2H2S/c22-21(23,24)14-4-1-11-30(12-14)17-7-6-16-18(27-17)31(15-5-2-10-29(16)13-15)20(32)28-19-25-8-3-9-26-19;17-16(18,19)11-3-1-8-23(9-11)14-6-5-13-15(21-14)20-12-4-2-7-22(13)10-12;14-11(10-12-7-4-8-13-10)15-9-5-2-1-3-6-9;;/h3,6-9,14-15H,1-2,4-5,10-13H2,(H,25,26,28,32);5-6,11-12H,1-4,7-10H2,(H,20,21);1-8H;2*1H2/t14?,15-;11?,12-;;;/m00.../s1. The van der Waals surface area contributed by atoms with Crippen LogP contribution in [0.4, 0.5) is 71.7 Å². The van der Waals surface area contributed by atoms with Crippen molar-refractivity contribution in [1.29, 1.82) is 0 Å². The Labute approximate surface area is 426 Å². The van der Waals surface area contributed by atoms with Crippen LogP contribution in [-0.2, 0) is 0 Å². The highest BCUT2D eigenvalue weighted by atomic mass is 32.1. The molecule has 4 fully saturated rings. The van der Waals surface area contributed by atoms with E-state index in [1.54, 1.807) is 69.6 Å². The first-order chi connectivity index (χ1) is 33.8. The number of nitrogens with one attached hydrogen (secondary N) is 2. The number of fused-ring (bicyclic) bond motifs is 8. The molecule has 4 atom stereocenters. The zero-order valence-corrected chi connectivity index (χ0v) is 41.2. The smallest absolute Gasteiger partial charge is 0.393 e. The Morgan fingerprint density at radius 1 is 0.597 bits per heavy atom. The molecule has 0 aliphatic carbocycles. The molecule has 72 heavy (non-hydrogen) atoms. The van der Waals surface area contributed by atoms with Crippen LogP contribution in [0.2, 0.25) is 0 Å². The Bertz CT molecular complexity index is 2580. The molecule has 2 N–H and O–H groups in total. The van der Waals surface area contributed by atoms with Gasteiger partial charge in [0.1, 0.15) is 17.4 Å². The maximum Gasteiger partial charge on any atom is 0.393 e. The van der Waals surface area contributed by atoms with E-state index in [0.717, 1.165) is 62.5 Å². The fourth-order valence-electron chi connectivity index (χ4n) is 9.81. The fraction of sp³-hybridized carbons (Fsp3) is 0.458. The molecule has 16 nitrogen and oxygen atoms in total. The summed E-state index contributed by atoms with van der Waals surface area (Å²) in [4.78, 5) is 59.3. The SMILES string of the molecule is FC(F)(F)C1CCCN(c2ccc3c(n2)N[C@H]2CCCN3C2)C1.O=C(Nc1ncccn1)N1c2nc(N3CCCC(C(F)(F)F)C3)ccc2N2CCC[C@H]1C2.O=C(Oc1ccccc1)c1ncccn1.S.S. The van der Waals surface area contributed by atoms with Crippen LogP contribution in [0.1, 0.15) is 62.0 Å². The number of alkyl halides is 6. The maximum atomic E-state index is 13.3. The van der Waals surface area contributed by atoms with Gasteiger partial charge in [0.05, 0.1) is 29.3 Å². The number of para-hydroxylation sites is 1. The number of anilines is 7. The van der Waals surface area contributed by atoms with Gasteiger partial charge in [0.2, 0.25) is 11.8 Å². The van der Waals surface area contributed by atoms with Crippen molar-refractivity contribution in [3.8, 4) is 5.75 Å². The van der Waals surface area contributed by atoms with Gasteiger partial charge in [-0.05, 0) is 99.9 Å². The predicted octanol–water partition coefficient (Wildman–Crippen LogP) is 8.85. The molecule has 0 radical (unpaired) electrons. The van der Waals surface area contributed by atoms with Gasteiger partial charge in [0, 0.05) is 83.2 Å². The van der Waals surface area contributed by atoms with E-state index in [0.29, 0.717) is 61.7 Å². The average Bonchev–Trinajstić information content (AvgIpc) is 3.37. The first-order valence-corrected chi connectivity index (χ1v) is 23.6. The molecule has 6 aliphatic rings. The summed E-state index contributed by atoms with van der Waals surface area (Å²) in [6.45, 7) is 4.63. The van der Waals surface area contributed by atoms with E-state index in [9.17, 15) is 35.9 Å². The van der Waals surface area contributed by atoms with Gasteiger partial charge < -0.3 is 29.7 Å². The van der Waals surface area contributed by atoms with Crippen LogP contribution < -0.4 is 39.9 Å². The van der Waals surface area contributed by atoms with E-state index in [-0.39, 0.29) is 76.8 Å². The number of hydrogen-bond acceptors (Lipinski definition) is 14. The van der Waals surface area contributed by atoms with Crippen LogP contribution in [0.3, 0.4) is 0 Å². The van der Waals surface area contributed by atoms with Gasteiger partial charge in [0.25, 0.3) is 0 Å². The third kappa shape index (κ3) is 12.8. The lowest BCUT2D eigenvalue weighted by molar-refractivity contribution is -0.176. The quantitative estimate of drug-likeness (QED) is 0.0976. The number of urea groups is 1. The monoisotopic (exact) mass is 1040 g/mol. The average molecular weight is 1040 g/mol. The number of ether oxygens (including phenoxy) is 1. The molecule has 0 saturated carbocycles. The first kappa shape index (κ1) is 53.5. The van der Waals surface area contributed by atoms with Crippen molar-refractivity contribution in [2.75, 3.05) is 87.5 Å². The number of hydrogen-bond donors (Lipinski definition) is 2. The molecule has 2 unspecified atom stereocenters. The number of carbonyl (C=O) groups is 2. The molecule has 1 aromatic carbocycles. The van der Waals surface area contributed by atoms with Crippen LogP contribution in [0.15, 0.2) is 91.5 Å². The van der Waals surface area contributed by atoms with E-state index in [1.165, 1.54) is 12.4 Å². The minimum atomic E-state index is -4.22. The second-order valence-electron chi connectivity index (χ2n) is 18.0. The number of piperidine rings is 4. The van der Waals surface area contributed by atoms with E-state index in [2.05, 4.69) is 45.4 Å². The van der Waals surface area contributed by atoms with Gasteiger partial charge in [-0.2, -0.15) is 53.3 Å². The van der Waals surface area contributed by atoms with Crippen LogP contribution in [0.5, 0.6) is 5.75 Å². The Balaban J connectivity index is 0.000000167. The summed E-state index contributed by atoms with van der Waals surface area (Å²) in [5, 5.41) is 6.17. The number of esters is 1. The predicted molar refractivity (Wildman–Crippen MR) is 272 cm³/mol. The zero-order valence-electron chi connectivity index (χ0n) is 39.2. The number of halogens is 6. The summed E-state index contributed by atoms with van der Waals surface area (Å²) in [5.74, 6) is -0.0137. The Morgan fingerprint density at radius 2 is 1.14 bits per heavy atom. The van der Waals surface area contributed by atoms with Crippen LogP contribution in [-0.4, -0.2) is 119 Å². The highest BCUT2D eigenvalue weighted by Crippen LogP contribution is 2.42. The minimum absolute atomic E-state index is 0. The molecule has 386 valence electrons. The maximum absolute atomic E-state index is 13.3. The lowest BCUT2D eigenvalue weighted by atomic mass is 9.97. The summed E-state index contributed by atoms with van der Waals surface area (Å²) in [7, 11) is 0. The highest BCUT2D eigenvalue weighted by Gasteiger charge is 2.44. The van der Waals surface area contributed by atoms with Crippen molar-refractivity contribution in [2.24, 2.45) is 11.8 Å². The molecule has 4 bridgehead atoms. The van der Waals surface area contributed by atoms with Crippen molar-refractivity contribution in [3.63, 3.8) is 0 Å². The second kappa shape index (κ2) is 23.5. The van der Waals surface area contributed by atoms with E-state index in [4.69, 9.17) is 9.72 Å². The number of benzene rings is 1. The van der Waals surface area contributed by atoms with Crippen LogP contribution in [0, 0.1) is 11.8 Å². The molecule has 4 saturated heterocycles. The van der Waals surface area contributed by atoms with Gasteiger partial charge >= 0.3 is 24.4 Å². The summed E-state index contributed by atoms with van der Waals surface area (Å²) in [5.41, 5.74) is 1.90. The third-order valence-electron chi connectivity index (χ3n) is 13.3. The number of rotatable bonds is 5. The van der Waals surface area contributed by atoms with Crippen LogP contribution >= 0.6 is 27.0 Å². The van der Waals surface area contributed by atoms with Crippen molar-refractivity contribution in [2.45, 2.75) is 75.8 Å². The molecule has 5 aromatic rings.